The molecule has 392 valence electrons. The lowest BCUT2D eigenvalue weighted by Crippen LogP contribution is -2.70. The number of aromatic nitrogens is 1. The number of rotatable bonds is 23. The fourth-order valence-corrected chi connectivity index (χ4v) is 10.8. The summed E-state index contributed by atoms with van der Waals surface area (Å²) in [5, 5.41) is 48.2. The molecule has 0 bridgehead atoms. The first kappa shape index (κ1) is 52.0. The molecule has 0 unspecified atom stereocenters. The third-order valence-electron chi connectivity index (χ3n) is 14.2. The van der Waals surface area contributed by atoms with Crippen LogP contribution in [-0.4, -0.2) is 80.2 Å². The summed E-state index contributed by atoms with van der Waals surface area (Å²) < 4.78 is 38.6. The van der Waals surface area contributed by atoms with Gasteiger partial charge in [-0.25, -0.2) is 4.79 Å². The number of nitro groups is 2. The second-order valence-electron chi connectivity index (χ2n) is 19.0. The predicted octanol–water partition coefficient (Wildman–Crippen LogP) is 10.0. The van der Waals surface area contributed by atoms with Gasteiger partial charge >= 0.3 is 6.09 Å². The molecular weight excluding hydrogens is 967 g/mol. The molecule has 1 fully saturated rings. The molecule has 5 aromatic rings. The van der Waals surface area contributed by atoms with Gasteiger partial charge in [-0.3, -0.25) is 30.1 Å². The quantitative estimate of drug-likeness (QED) is 0.0268. The highest BCUT2D eigenvalue weighted by Gasteiger charge is 2.66. The minimum Gasteiger partial charge on any atom is -0.487 e. The number of aliphatic hydroxyl groups excluding tert-OH is 2. The van der Waals surface area contributed by atoms with Crippen molar-refractivity contribution in [1.82, 2.24) is 9.88 Å². The number of fused-ring (bicyclic) bond motifs is 3. The van der Waals surface area contributed by atoms with E-state index in [2.05, 4.69) is 17.6 Å². The predicted molar refractivity (Wildman–Crippen MR) is 273 cm³/mol. The van der Waals surface area contributed by atoms with E-state index < -0.39 is 39.6 Å². The van der Waals surface area contributed by atoms with Crippen molar-refractivity contribution >= 4 is 23.2 Å². The van der Waals surface area contributed by atoms with Crippen LogP contribution >= 0.6 is 0 Å². The van der Waals surface area contributed by atoms with Crippen LogP contribution in [0.1, 0.15) is 78.9 Å². The van der Waals surface area contributed by atoms with Crippen molar-refractivity contribution in [1.29, 1.82) is 0 Å². The molecule has 2 N–H and O–H groups in total. The van der Waals surface area contributed by atoms with Crippen molar-refractivity contribution in [3.63, 3.8) is 0 Å². The number of nitro benzene ring substituents is 2. The van der Waals surface area contributed by atoms with Crippen LogP contribution in [0.15, 0.2) is 133 Å². The van der Waals surface area contributed by atoms with Gasteiger partial charge in [0.15, 0.2) is 11.5 Å². The molecule has 0 saturated heterocycles. The first-order valence-electron chi connectivity index (χ1n) is 25.1. The minimum atomic E-state index is -1.70. The molecule has 3 heterocycles. The lowest BCUT2D eigenvalue weighted by atomic mass is 9.55. The summed E-state index contributed by atoms with van der Waals surface area (Å²) in [6.07, 6.45) is 6.94. The number of non-ortho nitro benzene ring substituents is 2. The molecule has 9 rings (SSSR count). The molecule has 1 saturated carbocycles. The number of ether oxygens (including phenoxy) is 6. The van der Waals surface area contributed by atoms with Crippen LogP contribution in [0.4, 0.5) is 16.2 Å². The number of nitrogens with zero attached hydrogens (tertiary/aromatic N) is 5. The highest BCUT2D eigenvalue weighted by molar-refractivity contribution is 6.03. The van der Waals surface area contributed by atoms with Gasteiger partial charge in [0.05, 0.1) is 33.8 Å². The minimum absolute atomic E-state index is 0.00478. The Morgan fingerprint density at radius 3 is 2.27 bits per heavy atom. The Balaban J connectivity index is 1.23. The number of hydrogen-bond acceptors (Lipinski definition) is 16. The Morgan fingerprint density at radius 2 is 1.55 bits per heavy atom. The number of oxime groups is 1. The molecule has 19 nitrogen and oxygen atoms in total. The van der Waals surface area contributed by atoms with Crippen molar-refractivity contribution in [2.24, 2.45) is 22.9 Å². The highest BCUT2D eigenvalue weighted by Crippen LogP contribution is 2.62. The van der Waals surface area contributed by atoms with Gasteiger partial charge in [0.2, 0.25) is 12.6 Å². The highest BCUT2D eigenvalue weighted by atomic mass is 16.7. The van der Waals surface area contributed by atoms with Gasteiger partial charge in [-0.05, 0) is 128 Å². The molecule has 19 heteroatoms. The molecule has 4 aliphatic rings. The van der Waals surface area contributed by atoms with E-state index in [1.165, 1.54) is 41.3 Å². The van der Waals surface area contributed by atoms with E-state index >= 15 is 4.79 Å². The maximum Gasteiger partial charge on any atom is 0.416 e. The summed E-state index contributed by atoms with van der Waals surface area (Å²) in [6, 6.07) is 26.9. The molecule has 1 amide bonds. The van der Waals surface area contributed by atoms with E-state index in [1.54, 1.807) is 30.3 Å². The van der Waals surface area contributed by atoms with E-state index in [4.69, 9.17) is 38.4 Å². The molecule has 4 aromatic carbocycles. The van der Waals surface area contributed by atoms with Crippen molar-refractivity contribution in [2.75, 3.05) is 26.6 Å². The Kier molecular flexibility index (Phi) is 16.3. The average Bonchev–Trinajstić information content (AvgIpc) is 3.99. The number of aryl methyl sites for hydroxylation is 1. The van der Waals surface area contributed by atoms with Gasteiger partial charge in [0.25, 0.3) is 11.4 Å². The number of unbranched alkanes of at least 4 members (excludes halogenated alkanes) is 2. The smallest absolute Gasteiger partial charge is 0.416 e. The van der Waals surface area contributed by atoms with Crippen molar-refractivity contribution in [3.05, 3.63) is 176 Å². The van der Waals surface area contributed by atoms with Crippen LogP contribution in [0.25, 0.3) is 0 Å². The van der Waals surface area contributed by atoms with Crippen molar-refractivity contribution in [3.8, 4) is 28.7 Å². The third kappa shape index (κ3) is 11.6. The summed E-state index contributed by atoms with van der Waals surface area (Å²) >= 11 is 0. The topological polar surface area (TPSA) is 237 Å². The summed E-state index contributed by atoms with van der Waals surface area (Å²) in [6.45, 7) is 6.06. The molecule has 1 aromatic heterocycles. The van der Waals surface area contributed by atoms with Gasteiger partial charge < -0.3 is 43.5 Å². The lowest BCUT2D eigenvalue weighted by molar-refractivity contribution is -0.385. The zero-order valence-corrected chi connectivity index (χ0v) is 41.5. The molecule has 2 aliphatic heterocycles. The molecule has 2 aliphatic carbocycles. The Hall–Kier alpha value is -7.87. The lowest BCUT2D eigenvalue weighted by Gasteiger charge is -2.59. The third-order valence-corrected chi connectivity index (χ3v) is 14.2. The molecule has 6 atom stereocenters. The second kappa shape index (κ2) is 23.6. The summed E-state index contributed by atoms with van der Waals surface area (Å²) in [5.41, 5.74) is 4.70. The number of pyridine rings is 1. The van der Waals surface area contributed by atoms with Crippen LogP contribution in [0, 0.1) is 44.9 Å². The number of carbonyl (C=O) groups is 1. The zero-order valence-electron chi connectivity index (χ0n) is 41.5. The van der Waals surface area contributed by atoms with Crippen LogP contribution in [-0.2, 0) is 29.3 Å². The molecular formula is C56H59N5O14. The second-order valence-corrected chi connectivity index (χ2v) is 19.0. The fraction of sp³-hybridized carbons (Fsp3) is 0.375. The van der Waals surface area contributed by atoms with Crippen molar-refractivity contribution < 1.29 is 58.1 Å². The van der Waals surface area contributed by atoms with E-state index in [1.807, 2.05) is 49.4 Å². The fourth-order valence-electron chi connectivity index (χ4n) is 10.8. The van der Waals surface area contributed by atoms with Gasteiger partial charge in [-0.15, -0.1) is 6.58 Å². The number of amides is 1. The van der Waals surface area contributed by atoms with E-state index in [-0.39, 0.29) is 81.8 Å². The standard InChI is InChI=1S/C56H59N5O14/c1-3-27-72-56-52(59(32-38-15-23-50-51(28-38)71-35-70-50)55(64)74-43-20-18-42(19-21-43)61(67)68)31-48(58-73-33-37-13-16-41(17-14-37)60(65)66)46-29-39(10-4-6-25-62)45(12-5-7-26-63)53(54(46)56)47-30-44(22-24-49(47)75-56)69-34-40-11-8-9-36(2)57-40/h3,8-9,11,13-24,28-30,39,45,52-54,62-63H,1,4-7,10,12,25-27,31-35H2,2H3/t39-,45+,52-,53+,54+,56+/m0/s1. The van der Waals surface area contributed by atoms with Crippen LogP contribution < -0.4 is 23.7 Å². The zero-order chi connectivity index (χ0) is 52.5. The summed E-state index contributed by atoms with van der Waals surface area (Å²) in [7, 11) is 0. The van der Waals surface area contributed by atoms with E-state index in [0.29, 0.717) is 71.9 Å². The Morgan fingerprint density at radius 1 is 0.853 bits per heavy atom. The monoisotopic (exact) mass is 1030 g/mol. The molecule has 75 heavy (non-hydrogen) atoms. The summed E-state index contributed by atoms with van der Waals surface area (Å²) in [5.74, 6) is -0.863. The number of allylic oxidation sites excluding steroid dienone is 1. The van der Waals surface area contributed by atoms with Crippen molar-refractivity contribution in [2.45, 2.75) is 89.4 Å². The average molecular weight is 1030 g/mol. The number of hydrogen-bond donors (Lipinski definition) is 2. The van der Waals surface area contributed by atoms with Gasteiger partial charge in [0.1, 0.15) is 36.5 Å². The van der Waals surface area contributed by atoms with Gasteiger partial charge in [-0.1, -0.05) is 42.3 Å². The summed E-state index contributed by atoms with van der Waals surface area (Å²) in [4.78, 5) is 49.8. The maximum atomic E-state index is 15.3. The van der Waals surface area contributed by atoms with Crippen LogP contribution in [0.3, 0.4) is 0 Å². The van der Waals surface area contributed by atoms with Crippen LogP contribution in [0.5, 0.6) is 28.7 Å². The SMILES string of the molecule is C=CCO[C@@]12Oc3ccc(OCc4cccc(C)n4)cc3[C@H]3[C@H](CCCCO)[C@@H](CCCCO)C=C(C(=NOCc4ccc([N+](=O)[O-])cc4)C[C@@H]1N(Cc1ccc4c(c1)OCO4)C(=O)Oc1ccc([N+](=O)[O-])cc1)[C@H]32. The van der Waals surface area contributed by atoms with Gasteiger partial charge in [0, 0.05) is 67.6 Å². The normalized spacial score (nSPS) is 21.5. The van der Waals surface area contributed by atoms with Crippen LogP contribution in [0.2, 0.25) is 0 Å². The molecule has 0 radical (unpaired) electrons. The van der Waals surface area contributed by atoms with E-state index in [0.717, 1.165) is 28.9 Å². The number of carbonyl (C=O) groups excluding carboxylic acids is 1. The Labute approximate surface area is 433 Å². The number of aliphatic hydroxyl groups is 2. The molecule has 0 spiro atoms. The number of benzene rings is 4. The van der Waals surface area contributed by atoms with Gasteiger partial charge in [-0.2, -0.15) is 0 Å². The first-order chi connectivity index (χ1) is 36.5. The first-order valence-corrected chi connectivity index (χ1v) is 25.1. The largest absolute Gasteiger partial charge is 0.487 e. The van der Waals surface area contributed by atoms with E-state index in [9.17, 15) is 30.4 Å². The Bertz CT molecular complexity index is 2930. The maximum absolute atomic E-state index is 15.3.